The van der Waals surface area contributed by atoms with Crippen LogP contribution in [-0.4, -0.2) is 25.6 Å². The maximum Gasteiger partial charge on any atom is 0.338 e. The van der Waals surface area contributed by atoms with E-state index in [1.165, 1.54) is 18.2 Å². The first-order valence-corrected chi connectivity index (χ1v) is 6.91. The van der Waals surface area contributed by atoms with E-state index in [2.05, 4.69) is 5.32 Å². The van der Waals surface area contributed by atoms with Crippen LogP contribution in [0, 0.1) is 5.82 Å². The van der Waals surface area contributed by atoms with E-state index in [9.17, 15) is 14.0 Å². The standard InChI is InChI=1S/C17H16FNO4/c1-22-15-8-3-2-5-13(15)10-19-16(20)11-23-17(21)12-6-4-7-14(18)9-12/h2-9H,10-11H2,1H3,(H,19,20). The number of hydrogen-bond donors (Lipinski definition) is 1. The molecule has 1 N–H and O–H groups in total. The van der Waals surface area contributed by atoms with E-state index in [1.807, 2.05) is 18.2 Å². The van der Waals surface area contributed by atoms with Crippen LogP contribution >= 0.6 is 0 Å². The van der Waals surface area contributed by atoms with Crippen molar-refractivity contribution in [3.63, 3.8) is 0 Å². The van der Waals surface area contributed by atoms with Crippen molar-refractivity contribution in [2.75, 3.05) is 13.7 Å². The molecule has 2 aromatic carbocycles. The third kappa shape index (κ3) is 4.81. The summed E-state index contributed by atoms with van der Waals surface area (Å²) in [5.74, 6) is -1.10. The van der Waals surface area contributed by atoms with Crippen LogP contribution in [0.5, 0.6) is 5.75 Å². The number of esters is 1. The van der Waals surface area contributed by atoms with Gasteiger partial charge in [-0.05, 0) is 24.3 Å². The van der Waals surface area contributed by atoms with Crippen LogP contribution in [0.4, 0.5) is 4.39 Å². The van der Waals surface area contributed by atoms with Gasteiger partial charge in [0.05, 0.1) is 12.7 Å². The Hall–Kier alpha value is -2.89. The average Bonchev–Trinajstić information content (AvgIpc) is 2.58. The number of amides is 1. The molecule has 1 amide bonds. The highest BCUT2D eigenvalue weighted by atomic mass is 19.1. The minimum Gasteiger partial charge on any atom is -0.496 e. The van der Waals surface area contributed by atoms with Crippen LogP contribution in [0.1, 0.15) is 15.9 Å². The first kappa shape index (κ1) is 16.5. The van der Waals surface area contributed by atoms with Crippen molar-refractivity contribution in [3.8, 4) is 5.75 Å². The van der Waals surface area contributed by atoms with Crippen molar-refractivity contribution in [2.45, 2.75) is 6.54 Å². The molecule has 2 aromatic rings. The first-order chi connectivity index (χ1) is 11.1. The van der Waals surface area contributed by atoms with Gasteiger partial charge in [-0.25, -0.2) is 9.18 Å². The lowest BCUT2D eigenvalue weighted by molar-refractivity contribution is -0.124. The van der Waals surface area contributed by atoms with Crippen molar-refractivity contribution >= 4 is 11.9 Å². The predicted molar refractivity (Wildman–Crippen MR) is 81.5 cm³/mol. The number of rotatable bonds is 6. The minimum atomic E-state index is -0.753. The third-order valence-electron chi connectivity index (χ3n) is 3.06. The van der Waals surface area contributed by atoms with E-state index in [-0.39, 0.29) is 12.1 Å². The Morgan fingerprint density at radius 3 is 2.65 bits per heavy atom. The largest absolute Gasteiger partial charge is 0.496 e. The van der Waals surface area contributed by atoms with Crippen molar-refractivity contribution in [2.24, 2.45) is 0 Å². The molecular formula is C17H16FNO4. The molecule has 0 aliphatic carbocycles. The number of carbonyl (C=O) groups excluding carboxylic acids is 2. The van der Waals surface area contributed by atoms with Gasteiger partial charge in [0.2, 0.25) is 0 Å². The SMILES string of the molecule is COc1ccccc1CNC(=O)COC(=O)c1cccc(F)c1. The van der Waals surface area contributed by atoms with Gasteiger partial charge in [0.25, 0.3) is 5.91 Å². The summed E-state index contributed by atoms with van der Waals surface area (Å²) in [6.45, 7) is -0.190. The van der Waals surface area contributed by atoms with Crippen molar-refractivity contribution < 1.29 is 23.5 Å². The molecule has 0 saturated carbocycles. The Kier molecular flexibility index (Phi) is 5.68. The topological polar surface area (TPSA) is 64.6 Å². The molecule has 0 aromatic heterocycles. The molecule has 2 rings (SSSR count). The second-order valence-corrected chi connectivity index (χ2v) is 4.68. The van der Waals surface area contributed by atoms with Gasteiger partial charge in [-0.15, -0.1) is 0 Å². The molecule has 0 spiro atoms. The van der Waals surface area contributed by atoms with Crippen LogP contribution in [0.15, 0.2) is 48.5 Å². The first-order valence-electron chi connectivity index (χ1n) is 6.91. The molecule has 0 aliphatic rings. The third-order valence-corrected chi connectivity index (χ3v) is 3.06. The average molecular weight is 317 g/mol. The molecule has 0 unspecified atom stereocenters. The number of benzene rings is 2. The molecule has 0 atom stereocenters. The zero-order chi connectivity index (χ0) is 16.7. The Morgan fingerprint density at radius 2 is 1.91 bits per heavy atom. The smallest absolute Gasteiger partial charge is 0.338 e. The van der Waals surface area contributed by atoms with Gasteiger partial charge in [-0.3, -0.25) is 4.79 Å². The lowest BCUT2D eigenvalue weighted by Crippen LogP contribution is -2.28. The number of para-hydroxylation sites is 1. The maximum absolute atomic E-state index is 13.0. The molecule has 120 valence electrons. The molecule has 0 fully saturated rings. The van der Waals surface area contributed by atoms with Crippen LogP contribution < -0.4 is 10.1 Å². The number of nitrogens with one attached hydrogen (secondary N) is 1. The van der Waals surface area contributed by atoms with E-state index in [1.54, 1.807) is 13.2 Å². The minimum absolute atomic E-state index is 0.0579. The second kappa shape index (κ2) is 7.93. The fraction of sp³-hybridized carbons (Fsp3) is 0.176. The molecule has 6 heteroatoms. The number of halogens is 1. The number of ether oxygens (including phenoxy) is 2. The summed E-state index contributed by atoms with van der Waals surface area (Å²) >= 11 is 0. The van der Waals surface area contributed by atoms with E-state index < -0.39 is 24.3 Å². The van der Waals surface area contributed by atoms with Gasteiger partial charge in [0, 0.05) is 12.1 Å². The Bertz CT molecular complexity index is 702. The highest BCUT2D eigenvalue weighted by Crippen LogP contribution is 2.16. The molecule has 5 nitrogen and oxygen atoms in total. The van der Waals surface area contributed by atoms with Crippen molar-refractivity contribution in [1.82, 2.24) is 5.32 Å². The fourth-order valence-electron chi connectivity index (χ4n) is 1.92. The van der Waals surface area contributed by atoms with Gasteiger partial charge in [0.1, 0.15) is 11.6 Å². The van der Waals surface area contributed by atoms with Crippen LogP contribution in [0.25, 0.3) is 0 Å². The van der Waals surface area contributed by atoms with Gasteiger partial charge in [-0.2, -0.15) is 0 Å². The summed E-state index contributed by atoms with van der Waals surface area (Å²) in [6.07, 6.45) is 0. The zero-order valence-corrected chi connectivity index (χ0v) is 12.5. The fourth-order valence-corrected chi connectivity index (χ4v) is 1.92. The monoisotopic (exact) mass is 317 g/mol. The molecule has 0 radical (unpaired) electrons. The Morgan fingerprint density at radius 1 is 1.13 bits per heavy atom. The molecule has 0 saturated heterocycles. The number of hydrogen-bond acceptors (Lipinski definition) is 4. The lowest BCUT2D eigenvalue weighted by atomic mass is 10.2. The molecule has 23 heavy (non-hydrogen) atoms. The molecular weight excluding hydrogens is 301 g/mol. The van der Waals surface area contributed by atoms with Gasteiger partial charge < -0.3 is 14.8 Å². The van der Waals surface area contributed by atoms with Crippen LogP contribution in [-0.2, 0) is 16.1 Å². The second-order valence-electron chi connectivity index (χ2n) is 4.68. The van der Waals surface area contributed by atoms with E-state index in [0.717, 1.165) is 11.6 Å². The van der Waals surface area contributed by atoms with Crippen LogP contribution in [0.2, 0.25) is 0 Å². The molecule has 0 bridgehead atoms. The van der Waals surface area contributed by atoms with Gasteiger partial charge in [-0.1, -0.05) is 24.3 Å². The quantitative estimate of drug-likeness (QED) is 0.830. The lowest BCUT2D eigenvalue weighted by Gasteiger charge is -2.10. The van der Waals surface area contributed by atoms with Crippen LogP contribution in [0.3, 0.4) is 0 Å². The zero-order valence-electron chi connectivity index (χ0n) is 12.5. The highest BCUT2D eigenvalue weighted by Gasteiger charge is 2.11. The van der Waals surface area contributed by atoms with Gasteiger partial charge >= 0.3 is 5.97 Å². The molecule has 0 heterocycles. The number of methoxy groups -OCH3 is 1. The summed E-state index contributed by atoms with van der Waals surface area (Å²) in [5.41, 5.74) is 0.863. The molecule has 0 aliphatic heterocycles. The maximum atomic E-state index is 13.0. The summed E-state index contributed by atoms with van der Waals surface area (Å²) in [5, 5.41) is 2.62. The highest BCUT2D eigenvalue weighted by molar-refractivity contribution is 5.91. The summed E-state index contributed by atoms with van der Waals surface area (Å²) in [4.78, 5) is 23.4. The summed E-state index contributed by atoms with van der Waals surface area (Å²) < 4.78 is 23.0. The van der Waals surface area contributed by atoms with Crippen molar-refractivity contribution in [1.29, 1.82) is 0 Å². The Balaban J connectivity index is 1.82. The van der Waals surface area contributed by atoms with E-state index >= 15 is 0 Å². The normalized spacial score (nSPS) is 10.0. The van der Waals surface area contributed by atoms with Gasteiger partial charge in [0.15, 0.2) is 6.61 Å². The van der Waals surface area contributed by atoms with Crippen molar-refractivity contribution in [3.05, 3.63) is 65.5 Å². The number of carbonyl (C=O) groups is 2. The predicted octanol–water partition coefficient (Wildman–Crippen LogP) is 2.31. The Labute approximate surface area is 133 Å². The summed E-state index contributed by atoms with van der Waals surface area (Å²) in [7, 11) is 1.54. The van der Waals surface area contributed by atoms with E-state index in [0.29, 0.717) is 5.75 Å². The van der Waals surface area contributed by atoms with E-state index in [4.69, 9.17) is 9.47 Å². The summed E-state index contributed by atoms with van der Waals surface area (Å²) in [6, 6.07) is 12.3.